The van der Waals surface area contributed by atoms with E-state index in [0.29, 0.717) is 31.2 Å². The molecule has 1 aromatic heterocycles. The molecule has 1 atom stereocenters. The number of nitrogens with two attached hydrogens (primary N) is 1. The Bertz CT molecular complexity index is 444. The molecule has 1 fully saturated rings. The minimum atomic E-state index is -0.276. The number of hydrogen-bond donors (Lipinski definition) is 3. The highest BCUT2D eigenvalue weighted by molar-refractivity contribution is 5.81. The first-order chi connectivity index (χ1) is 9.18. The summed E-state index contributed by atoms with van der Waals surface area (Å²) in [6.07, 6.45) is 3.20. The van der Waals surface area contributed by atoms with E-state index in [1.54, 1.807) is 6.20 Å². The second-order valence-electron chi connectivity index (χ2n) is 4.61. The van der Waals surface area contributed by atoms with Crippen molar-refractivity contribution in [2.24, 2.45) is 0 Å². The van der Waals surface area contributed by atoms with Crippen molar-refractivity contribution in [1.29, 1.82) is 0 Å². The first-order valence-electron chi connectivity index (χ1n) is 6.53. The van der Waals surface area contributed by atoms with Crippen molar-refractivity contribution in [1.82, 2.24) is 10.3 Å². The largest absolute Gasteiger partial charge is 0.396 e. The van der Waals surface area contributed by atoms with Crippen LogP contribution in [0, 0.1) is 6.92 Å². The van der Waals surface area contributed by atoms with Gasteiger partial charge in [-0.15, -0.1) is 0 Å². The summed E-state index contributed by atoms with van der Waals surface area (Å²) >= 11 is 0. The normalized spacial score (nSPS) is 18.3. The topological polar surface area (TPSA) is 89.3 Å². The summed E-state index contributed by atoms with van der Waals surface area (Å²) in [5.74, 6) is 0.621. The summed E-state index contributed by atoms with van der Waals surface area (Å²) in [7, 11) is 0. The fourth-order valence-corrected chi connectivity index (χ4v) is 1.98. The third-order valence-corrected chi connectivity index (χ3v) is 3.15. The van der Waals surface area contributed by atoms with Gasteiger partial charge in [-0.05, 0) is 31.4 Å². The van der Waals surface area contributed by atoms with Crippen LogP contribution in [0.25, 0.3) is 0 Å². The van der Waals surface area contributed by atoms with Crippen molar-refractivity contribution in [3.05, 3.63) is 17.8 Å². The van der Waals surface area contributed by atoms with Gasteiger partial charge in [-0.3, -0.25) is 4.79 Å². The molecule has 1 aliphatic heterocycles. The third kappa shape index (κ3) is 3.57. The highest BCUT2D eigenvalue weighted by Crippen LogP contribution is 2.18. The zero-order valence-electron chi connectivity index (χ0n) is 11.1. The first-order valence-corrected chi connectivity index (χ1v) is 6.53. The SMILES string of the molecule is Cc1ccnc(NCCNC(=O)C2CCCO2)c1N. The predicted molar refractivity (Wildman–Crippen MR) is 73.9 cm³/mol. The second kappa shape index (κ2) is 6.38. The Labute approximate surface area is 112 Å². The lowest BCUT2D eigenvalue weighted by molar-refractivity contribution is -0.129. The van der Waals surface area contributed by atoms with E-state index < -0.39 is 0 Å². The zero-order valence-corrected chi connectivity index (χ0v) is 11.1. The van der Waals surface area contributed by atoms with Crippen molar-refractivity contribution in [3.8, 4) is 0 Å². The molecule has 0 spiro atoms. The number of nitrogens with one attached hydrogen (secondary N) is 2. The van der Waals surface area contributed by atoms with Crippen LogP contribution in [0.15, 0.2) is 12.3 Å². The Hall–Kier alpha value is -1.82. The van der Waals surface area contributed by atoms with Crippen molar-refractivity contribution in [3.63, 3.8) is 0 Å². The number of nitrogens with zero attached hydrogens (tertiary/aromatic N) is 1. The Morgan fingerprint density at radius 3 is 3.16 bits per heavy atom. The fraction of sp³-hybridized carbons (Fsp3) is 0.538. The molecule has 4 N–H and O–H groups in total. The van der Waals surface area contributed by atoms with Gasteiger partial charge in [0.2, 0.25) is 5.91 Å². The Morgan fingerprint density at radius 1 is 1.58 bits per heavy atom. The maximum Gasteiger partial charge on any atom is 0.249 e. The van der Waals surface area contributed by atoms with Crippen LogP contribution in [0.3, 0.4) is 0 Å². The van der Waals surface area contributed by atoms with Gasteiger partial charge in [-0.2, -0.15) is 0 Å². The van der Waals surface area contributed by atoms with Gasteiger partial charge in [0.1, 0.15) is 11.9 Å². The van der Waals surface area contributed by atoms with Crippen molar-refractivity contribution in [2.45, 2.75) is 25.9 Å². The fourth-order valence-electron chi connectivity index (χ4n) is 1.98. The number of aromatic nitrogens is 1. The Morgan fingerprint density at radius 2 is 2.42 bits per heavy atom. The van der Waals surface area contributed by atoms with E-state index in [9.17, 15) is 4.79 Å². The van der Waals surface area contributed by atoms with E-state index >= 15 is 0 Å². The number of amides is 1. The van der Waals surface area contributed by atoms with Gasteiger partial charge in [-0.1, -0.05) is 0 Å². The van der Waals surface area contributed by atoms with Crippen LogP contribution < -0.4 is 16.4 Å². The van der Waals surface area contributed by atoms with Gasteiger partial charge in [0, 0.05) is 25.9 Å². The zero-order chi connectivity index (χ0) is 13.7. The van der Waals surface area contributed by atoms with Crippen LogP contribution in [0.1, 0.15) is 18.4 Å². The number of carbonyl (C=O) groups is 1. The molecule has 1 amide bonds. The number of carbonyl (C=O) groups excluding carboxylic acids is 1. The molecule has 19 heavy (non-hydrogen) atoms. The third-order valence-electron chi connectivity index (χ3n) is 3.15. The lowest BCUT2D eigenvalue weighted by Gasteiger charge is -2.12. The number of anilines is 2. The van der Waals surface area contributed by atoms with Gasteiger partial charge in [-0.25, -0.2) is 4.98 Å². The van der Waals surface area contributed by atoms with Gasteiger partial charge in [0.25, 0.3) is 0 Å². The van der Waals surface area contributed by atoms with Gasteiger partial charge < -0.3 is 21.1 Å². The average Bonchev–Trinajstić information content (AvgIpc) is 2.93. The van der Waals surface area contributed by atoms with Gasteiger partial charge in [0.05, 0.1) is 5.69 Å². The van der Waals surface area contributed by atoms with Crippen molar-refractivity contribution >= 4 is 17.4 Å². The number of nitrogen functional groups attached to an aromatic ring is 1. The minimum Gasteiger partial charge on any atom is -0.396 e. The summed E-state index contributed by atoms with van der Waals surface area (Å²) in [5.41, 5.74) is 7.53. The highest BCUT2D eigenvalue weighted by Gasteiger charge is 2.22. The molecular formula is C13H20N4O2. The van der Waals surface area contributed by atoms with Crippen LogP contribution in [-0.2, 0) is 9.53 Å². The molecule has 0 saturated carbocycles. The quantitative estimate of drug-likeness (QED) is 0.680. The molecule has 0 aromatic carbocycles. The number of ether oxygens (including phenoxy) is 1. The molecule has 6 heteroatoms. The summed E-state index contributed by atoms with van der Waals surface area (Å²) in [6.45, 7) is 3.72. The van der Waals surface area contributed by atoms with Gasteiger partial charge in [0.15, 0.2) is 0 Å². The molecule has 0 radical (unpaired) electrons. The molecule has 1 unspecified atom stereocenters. The maximum absolute atomic E-state index is 11.7. The molecule has 0 bridgehead atoms. The first kappa shape index (κ1) is 13.6. The smallest absolute Gasteiger partial charge is 0.249 e. The van der Waals surface area contributed by atoms with Crippen LogP contribution in [-0.4, -0.2) is 36.7 Å². The number of pyridine rings is 1. The van der Waals surface area contributed by atoms with Gasteiger partial charge >= 0.3 is 0 Å². The summed E-state index contributed by atoms with van der Waals surface area (Å²) in [6, 6.07) is 1.86. The molecule has 1 saturated heterocycles. The molecule has 0 aliphatic carbocycles. The number of hydrogen-bond acceptors (Lipinski definition) is 5. The summed E-state index contributed by atoms with van der Waals surface area (Å²) < 4.78 is 5.30. The molecule has 1 aromatic rings. The number of aryl methyl sites for hydroxylation is 1. The predicted octanol–water partition coefficient (Wildman–Crippen LogP) is 0.679. The molecule has 1 aliphatic rings. The maximum atomic E-state index is 11.7. The van der Waals surface area contributed by atoms with E-state index in [1.165, 1.54) is 0 Å². The lowest BCUT2D eigenvalue weighted by atomic mass is 10.2. The standard InChI is InChI=1S/C13H20N4O2/c1-9-4-5-15-12(11(9)14)16-6-7-17-13(18)10-3-2-8-19-10/h4-5,10H,2-3,6-8,14H2,1H3,(H,15,16)(H,17,18). The molecular weight excluding hydrogens is 244 g/mol. The van der Waals surface area contributed by atoms with E-state index in [0.717, 1.165) is 18.4 Å². The van der Waals surface area contributed by atoms with Crippen molar-refractivity contribution in [2.75, 3.05) is 30.7 Å². The average molecular weight is 264 g/mol. The van der Waals surface area contributed by atoms with E-state index in [-0.39, 0.29) is 12.0 Å². The van der Waals surface area contributed by atoms with Crippen LogP contribution in [0.4, 0.5) is 11.5 Å². The van der Waals surface area contributed by atoms with E-state index in [1.807, 2.05) is 13.0 Å². The molecule has 2 rings (SSSR count). The second-order valence-corrected chi connectivity index (χ2v) is 4.61. The summed E-state index contributed by atoms with van der Waals surface area (Å²) in [4.78, 5) is 15.8. The minimum absolute atomic E-state index is 0.0375. The summed E-state index contributed by atoms with van der Waals surface area (Å²) in [5, 5.41) is 5.94. The Balaban J connectivity index is 1.71. The molecule has 104 valence electrons. The van der Waals surface area contributed by atoms with Crippen LogP contribution in [0.5, 0.6) is 0 Å². The highest BCUT2D eigenvalue weighted by atomic mass is 16.5. The number of rotatable bonds is 5. The van der Waals surface area contributed by atoms with E-state index in [4.69, 9.17) is 10.5 Å². The van der Waals surface area contributed by atoms with E-state index in [2.05, 4.69) is 15.6 Å². The van der Waals surface area contributed by atoms with Crippen molar-refractivity contribution < 1.29 is 9.53 Å². The molecule has 2 heterocycles. The lowest BCUT2D eigenvalue weighted by Crippen LogP contribution is -2.36. The monoisotopic (exact) mass is 264 g/mol. The van der Waals surface area contributed by atoms with Crippen LogP contribution >= 0.6 is 0 Å². The molecule has 6 nitrogen and oxygen atoms in total. The Kier molecular flexibility index (Phi) is 4.57. The van der Waals surface area contributed by atoms with Crippen LogP contribution in [0.2, 0.25) is 0 Å².